The van der Waals surface area contributed by atoms with Crippen molar-refractivity contribution in [1.29, 1.82) is 0 Å². The van der Waals surface area contributed by atoms with Crippen LogP contribution in [-0.2, 0) is 0 Å². The van der Waals surface area contributed by atoms with E-state index in [1.807, 2.05) is 0 Å². The van der Waals surface area contributed by atoms with E-state index < -0.39 is 6.36 Å². The molecule has 0 spiro atoms. The van der Waals surface area contributed by atoms with Gasteiger partial charge in [0, 0.05) is 0 Å². The van der Waals surface area contributed by atoms with Crippen LogP contribution in [0.4, 0.5) is 13.2 Å². The molecule has 0 bridgehead atoms. The van der Waals surface area contributed by atoms with E-state index in [0.29, 0.717) is 0 Å². The molecule has 0 saturated heterocycles. The Morgan fingerprint density at radius 3 is 1.82 bits per heavy atom. The minimum atomic E-state index is -4.63. The smallest absolute Gasteiger partial charge is 0.406 e. The van der Waals surface area contributed by atoms with E-state index in [0.717, 1.165) is 5.56 Å². The maximum Gasteiger partial charge on any atom is 0.573 e. The summed E-state index contributed by atoms with van der Waals surface area (Å²) in [5.41, 5.74) is 1.08. The predicted octanol–water partition coefficient (Wildman–Crippen LogP) is 4.73. The summed E-state index contributed by atoms with van der Waals surface area (Å²) in [6, 6.07) is 6.06. The standard InChI is InChI=1S/C13H17F3O/c1-9(12(2,3)4)10-5-7-11(8-6-10)17-13(14,15)16/h5-9H,1-4H3/t9-/m0/s1. The Hall–Kier alpha value is -1.19. The van der Waals surface area contributed by atoms with Crippen LogP contribution in [-0.4, -0.2) is 6.36 Å². The second kappa shape index (κ2) is 4.59. The lowest BCUT2D eigenvalue weighted by atomic mass is 9.78. The van der Waals surface area contributed by atoms with Crippen LogP contribution in [0.3, 0.4) is 0 Å². The van der Waals surface area contributed by atoms with Crippen LogP contribution in [0.1, 0.15) is 39.2 Å². The van der Waals surface area contributed by atoms with Gasteiger partial charge in [0.15, 0.2) is 0 Å². The SMILES string of the molecule is C[C@@H](c1ccc(OC(F)(F)F)cc1)C(C)(C)C. The molecule has 0 N–H and O–H groups in total. The molecule has 1 aromatic rings. The zero-order valence-corrected chi connectivity index (χ0v) is 10.4. The molecule has 0 aliphatic heterocycles. The van der Waals surface area contributed by atoms with Crippen LogP contribution in [0.5, 0.6) is 5.75 Å². The Labute approximate surface area is 99.6 Å². The molecule has 4 heteroatoms. The van der Waals surface area contributed by atoms with Crippen LogP contribution in [0.15, 0.2) is 24.3 Å². The van der Waals surface area contributed by atoms with Gasteiger partial charge in [-0.25, -0.2) is 0 Å². The molecule has 0 aromatic heterocycles. The van der Waals surface area contributed by atoms with Crippen molar-refractivity contribution in [3.8, 4) is 5.75 Å². The third-order valence-electron chi connectivity index (χ3n) is 2.91. The summed E-state index contributed by atoms with van der Waals surface area (Å²) in [4.78, 5) is 0. The van der Waals surface area contributed by atoms with Crippen LogP contribution in [0, 0.1) is 5.41 Å². The molecule has 0 unspecified atom stereocenters. The molecule has 1 aromatic carbocycles. The first-order valence-electron chi connectivity index (χ1n) is 5.45. The number of hydrogen-bond acceptors (Lipinski definition) is 1. The van der Waals surface area contributed by atoms with Crippen LogP contribution < -0.4 is 4.74 Å². The molecule has 0 aliphatic carbocycles. The fourth-order valence-corrected chi connectivity index (χ4v) is 1.46. The van der Waals surface area contributed by atoms with Gasteiger partial charge < -0.3 is 4.74 Å². The highest BCUT2D eigenvalue weighted by Crippen LogP contribution is 2.35. The Morgan fingerprint density at radius 2 is 1.47 bits per heavy atom. The lowest BCUT2D eigenvalue weighted by molar-refractivity contribution is -0.274. The van der Waals surface area contributed by atoms with Crippen molar-refractivity contribution in [3.05, 3.63) is 29.8 Å². The number of hydrogen-bond donors (Lipinski definition) is 0. The second-order valence-electron chi connectivity index (χ2n) is 5.20. The number of halogens is 3. The summed E-state index contributed by atoms with van der Waals surface area (Å²) in [5.74, 6) is 0.0878. The first-order chi connectivity index (χ1) is 7.59. The summed E-state index contributed by atoms with van der Waals surface area (Å²) in [5, 5.41) is 0. The molecular formula is C13H17F3O. The average molecular weight is 246 g/mol. The topological polar surface area (TPSA) is 9.23 Å². The number of alkyl halides is 3. The summed E-state index contributed by atoms with van der Waals surface area (Å²) < 4.78 is 39.7. The van der Waals surface area contributed by atoms with Crippen molar-refractivity contribution in [2.24, 2.45) is 5.41 Å². The average Bonchev–Trinajstić information content (AvgIpc) is 2.14. The normalized spacial score (nSPS) is 14.5. The van der Waals surface area contributed by atoms with E-state index in [1.165, 1.54) is 12.1 Å². The minimum Gasteiger partial charge on any atom is -0.406 e. The maximum atomic E-state index is 12.0. The molecule has 96 valence electrons. The van der Waals surface area contributed by atoms with Crippen molar-refractivity contribution < 1.29 is 17.9 Å². The molecule has 0 heterocycles. The highest BCUT2D eigenvalue weighted by atomic mass is 19.4. The fourth-order valence-electron chi connectivity index (χ4n) is 1.46. The van der Waals surface area contributed by atoms with Crippen molar-refractivity contribution in [3.63, 3.8) is 0 Å². The zero-order valence-electron chi connectivity index (χ0n) is 10.4. The molecule has 1 nitrogen and oxygen atoms in total. The summed E-state index contributed by atoms with van der Waals surface area (Å²) in [6.45, 7) is 8.34. The zero-order chi connectivity index (χ0) is 13.3. The second-order valence-corrected chi connectivity index (χ2v) is 5.20. The van der Waals surface area contributed by atoms with Crippen molar-refractivity contribution in [2.45, 2.75) is 40.0 Å². The van der Waals surface area contributed by atoms with Crippen molar-refractivity contribution in [1.82, 2.24) is 0 Å². The van der Waals surface area contributed by atoms with E-state index >= 15 is 0 Å². The molecule has 0 aliphatic rings. The highest BCUT2D eigenvalue weighted by molar-refractivity contribution is 5.30. The minimum absolute atomic E-state index is 0.0758. The van der Waals surface area contributed by atoms with Gasteiger partial charge in [-0.05, 0) is 29.0 Å². The van der Waals surface area contributed by atoms with E-state index in [4.69, 9.17) is 0 Å². The molecular weight excluding hydrogens is 229 g/mol. The first-order valence-corrected chi connectivity index (χ1v) is 5.45. The Kier molecular flexibility index (Phi) is 3.74. The third-order valence-corrected chi connectivity index (χ3v) is 2.91. The largest absolute Gasteiger partial charge is 0.573 e. The van der Waals surface area contributed by atoms with Crippen LogP contribution in [0.25, 0.3) is 0 Å². The molecule has 0 saturated carbocycles. The van der Waals surface area contributed by atoms with Gasteiger partial charge in [0.1, 0.15) is 5.75 Å². The quantitative estimate of drug-likeness (QED) is 0.732. The number of rotatable bonds is 2. The van der Waals surface area contributed by atoms with Gasteiger partial charge in [-0.3, -0.25) is 0 Å². The third kappa shape index (κ3) is 4.29. The monoisotopic (exact) mass is 246 g/mol. The molecule has 0 amide bonds. The van der Waals surface area contributed by atoms with E-state index in [9.17, 15) is 13.2 Å². The number of ether oxygens (including phenoxy) is 1. The summed E-state index contributed by atoms with van der Waals surface area (Å²) in [7, 11) is 0. The molecule has 0 radical (unpaired) electrons. The van der Waals surface area contributed by atoms with Gasteiger partial charge in [-0.2, -0.15) is 0 Å². The summed E-state index contributed by atoms with van der Waals surface area (Å²) >= 11 is 0. The van der Waals surface area contributed by atoms with Gasteiger partial charge in [0.2, 0.25) is 0 Å². The lowest BCUT2D eigenvalue weighted by Gasteiger charge is -2.27. The van der Waals surface area contributed by atoms with Gasteiger partial charge in [-0.1, -0.05) is 39.8 Å². The van der Waals surface area contributed by atoms with Crippen molar-refractivity contribution >= 4 is 0 Å². The van der Waals surface area contributed by atoms with Crippen LogP contribution in [0.2, 0.25) is 0 Å². The Bertz CT molecular complexity index is 360. The fraction of sp³-hybridized carbons (Fsp3) is 0.538. The van der Waals surface area contributed by atoms with Gasteiger partial charge in [0.25, 0.3) is 0 Å². The molecule has 1 rings (SSSR count). The van der Waals surface area contributed by atoms with Gasteiger partial charge in [0.05, 0.1) is 0 Å². The van der Waals surface area contributed by atoms with E-state index in [1.54, 1.807) is 12.1 Å². The first kappa shape index (κ1) is 13.9. The number of benzene rings is 1. The van der Waals surface area contributed by atoms with Crippen molar-refractivity contribution in [2.75, 3.05) is 0 Å². The van der Waals surface area contributed by atoms with Gasteiger partial charge >= 0.3 is 6.36 Å². The van der Waals surface area contributed by atoms with Crippen LogP contribution >= 0.6 is 0 Å². The molecule has 1 atom stereocenters. The predicted molar refractivity (Wildman–Crippen MR) is 61.0 cm³/mol. The van der Waals surface area contributed by atoms with E-state index in [-0.39, 0.29) is 17.1 Å². The molecule has 0 fully saturated rings. The Morgan fingerprint density at radius 1 is 1.00 bits per heavy atom. The lowest BCUT2D eigenvalue weighted by Crippen LogP contribution is -2.17. The van der Waals surface area contributed by atoms with Gasteiger partial charge in [-0.15, -0.1) is 13.2 Å². The molecule has 17 heavy (non-hydrogen) atoms. The van der Waals surface area contributed by atoms with E-state index in [2.05, 4.69) is 32.4 Å². The maximum absolute atomic E-state index is 12.0. The highest BCUT2D eigenvalue weighted by Gasteiger charge is 2.31. The summed E-state index contributed by atoms with van der Waals surface area (Å²) in [6.07, 6.45) is -4.63. The Balaban J connectivity index is 2.82.